The van der Waals surface area contributed by atoms with E-state index in [1.165, 1.54) is 5.56 Å². The quantitative estimate of drug-likeness (QED) is 0.160. The summed E-state index contributed by atoms with van der Waals surface area (Å²) < 4.78 is 12.4. The van der Waals surface area contributed by atoms with Crippen LogP contribution in [0.2, 0.25) is 5.02 Å². The Bertz CT molecular complexity index is 2240. The molecule has 3 aromatic heterocycles. The molecule has 5 aromatic rings. The van der Waals surface area contributed by atoms with Crippen molar-refractivity contribution in [2.45, 2.75) is 66.3 Å². The van der Waals surface area contributed by atoms with Gasteiger partial charge in [-0.2, -0.15) is 10.4 Å². The predicted octanol–water partition coefficient (Wildman–Crippen LogP) is 8.65. The van der Waals surface area contributed by atoms with Crippen LogP contribution in [-0.2, 0) is 26.9 Å². The van der Waals surface area contributed by atoms with Crippen LogP contribution < -0.4 is 9.64 Å². The van der Waals surface area contributed by atoms with E-state index in [0.29, 0.717) is 31.6 Å². The van der Waals surface area contributed by atoms with Crippen LogP contribution in [0.4, 0.5) is 5.69 Å². The molecule has 0 bridgehead atoms. The monoisotopic (exact) mass is 694 g/mol. The molecule has 7 rings (SSSR count). The topological polar surface area (TPSA) is 81.0 Å². The van der Waals surface area contributed by atoms with Gasteiger partial charge in [0.15, 0.2) is 0 Å². The van der Waals surface area contributed by atoms with Crippen molar-refractivity contribution in [3.63, 3.8) is 0 Å². The first kappa shape index (κ1) is 33.1. The Kier molecular flexibility index (Phi) is 8.41. The number of aromatic nitrogens is 4. The second-order valence-electron chi connectivity index (χ2n) is 13.5. The molecule has 10 heteroatoms. The van der Waals surface area contributed by atoms with Crippen LogP contribution in [0.15, 0.2) is 41.6 Å². The number of carbonyl (C=O) groups excluding carboxylic acids is 1. The fourth-order valence-electron chi connectivity index (χ4n) is 7.89. The van der Waals surface area contributed by atoms with Gasteiger partial charge in [0, 0.05) is 65.2 Å². The minimum atomic E-state index is -0.0324. The molecule has 0 fully saturated rings. The predicted molar refractivity (Wildman–Crippen MR) is 196 cm³/mol. The fourth-order valence-corrected chi connectivity index (χ4v) is 8.28. The molecule has 1 amide bonds. The Hall–Kier alpha value is -4.45. The van der Waals surface area contributed by atoms with Crippen molar-refractivity contribution in [1.82, 2.24) is 18.9 Å². The van der Waals surface area contributed by atoms with Gasteiger partial charge in [0.1, 0.15) is 11.4 Å². The second-order valence-corrected chi connectivity index (χ2v) is 14.4. The van der Waals surface area contributed by atoms with Crippen molar-refractivity contribution in [3.05, 3.63) is 103 Å². The summed E-state index contributed by atoms with van der Waals surface area (Å²) in [5.74, 6) is 0.769. The molecule has 0 spiro atoms. The zero-order chi connectivity index (χ0) is 34.9. The number of fused-ring (bicyclic) bond motifs is 4. The van der Waals surface area contributed by atoms with Gasteiger partial charge in [0.2, 0.25) is 0 Å². The molecule has 0 saturated heterocycles. The minimum Gasteiger partial charge on any atom is -0.494 e. The molecule has 0 unspecified atom stereocenters. The molecule has 0 N–H and O–H groups in total. The van der Waals surface area contributed by atoms with E-state index < -0.39 is 0 Å². The number of amides is 1. The van der Waals surface area contributed by atoms with E-state index in [9.17, 15) is 10.1 Å². The summed E-state index contributed by atoms with van der Waals surface area (Å²) >= 11 is 13.6. The summed E-state index contributed by atoms with van der Waals surface area (Å²) in [4.78, 5) is 16.9. The zero-order valence-electron chi connectivity index (χ0n) is 29.0. The largest absolute Gasteiger partial charge is 0.494 e. The third-order valence-corrected chi connectivity index (χ3v) is 11.2. The maximum Gasteiger partial charge on any atom is 0.275 e. The van der Waals surface area contributed by atoms with E-state index in [1.54, 1.807) is 0 Å². The zero-order valence-corrected chi connectivity index (χ0v) is 30.6. The normalized spacial score (nSPS) is 16.0. The highest BCUT2D eigenvalue weighted by molar-refractivity contribution is 6.34. The second kappa shape index (κ2) is 12.5. The molecule has 8 nitrogen and oxygen atoms in total. The number of aryl methyl sites for hydroxylation is 5. The third-order valence-electron chi connectivity index (χ3n) is 10.3. The molecule has 1 atom stereocenters. The number of rotatable bonds is 7. The average Bonchev–Trinajstić information content (AvgIpc) is 3.67. The first-order valence-electron chi connectivity index (χ1n) is 16.8. The van der Waals surface area contributed by atoms with Gasteiger partial charge in [0.25, 0.3) is 5.91 Å². The Labute approximate surface area is 297 Å². The molecule has 1 aliphatic heterocycles. The lowest BCUT2D eigenvalue weighted by Crippen LogP contribution is -2.43. The Morgan fingerprint density at radius 3 is 2.45 bits per heavy atom. The van der Waals surface area contributed by atoms with Gasteiger partial charge in [-0.05, 0) is 113 Å². The van der Waals surface area contributed by atoms with E-state index in [1.807, 2.05) is 85.5 Å². The lowest BCUT2D eigenvalue weighted by atomic mass is 9.88. The molecule has 49 heavy (non-hydrogen) atoms. The lowest BCUT2D eigenvalue weighted by molar-refractivity contribution is 0.0956. The molecule has 1 aliphatic carbocycles. The van der Waals surface area contributed by atoms with Gasteiger partial charge in [-0.1, -0.05) is 23.2 Å². The number of hydrogen-bond donors (Lipinski definition) is 0. The van der Waals surface area contributed by atoms with Gasteiger partial charge in [-0.3, -0.25) is 9.48 Å². The molecule has 0 saturated carbocycles. The van der Waals surface area contributed by atoms with Crippen molar-refractivity contribution in [3.8, 4) is 11.8 Å². The molecular weight excluding hydrogens is 655 g/mol. The number of nitrogens with zero attached hydrogens (tertiary/aromatic N) is 6. The Morgan fingerprint density at radius 2 is 1.78 bits per heavy atom. The van der Waals surface area contributed by atoms with E-state index in [4.69, 9.17) is 33.0 Å². The van der Waals surface area contributed by atoms with Crippen molar-refractivity contribution >= 4 is 51.3 Å². The first-order chi connectivity index (χ1) is 23.4. The van der Waals surface area contributed by atoms with Crippen molar-refractivity contribution < 1.29 is 9.53 Å². The van der Waals surface area contributed by atoms with Crippen molar-refractivity contribution in [2.75, 3.05) is 18.1 Å². The summed E-state index contributed by atoms with van der Waals surface area (Å²) in [5, 5.41) is 16.8. The highest BCUT2D eigenvalue weighted by Crippen LogP contribution is 2.47. The number of nitriles is 1. The Morgan fingerprint density at radius 1 is 1.04 bits per heavy atom. The number of ether oxygens (including phenoxy) is 1. The van der Waals surface area contributed by atoms with Crippen LogP contribution in [-0.4, -0.2) is 38.0 Å². The van der Waals surface area contributed by atoms with Crippen molar-refractivity contribution in [1.29, 1.82) is 5.26 Å². The van der Waals surface area contributed by atoms with Crippen LogP contribution in [0.5, 0.6) is 5.75 Å². The maximum absolute atomic E-state index is 14.9. The Balaban J connectivity index is 1.34. The highest BCUT2D eigenvalue weighted by atomic mass is 35.5. The van der Waals surface area contributed by atoms with E-state index in [0.717, 1.165) is 95.8 Å². The summed E-state index contributed by atoms with van der Waals surface area (Å²) in [7, 11) is 3.92. The third kappa shape index (κ3) is 5.35. The van der Waals surface area contributed by atoms with Crippen LogP contribution in [0, 0.1) is 39.0 Å². The standard InChI is InChI=1S/C39H40Cl2N6O2/c1-21-15-27(16-22(2)36(21)41)49-14-8-9-28-29-12-13-31(40)35(34-24(4)43-45(7)25(34)5)37(29)47-23(3)19-46(39(48)38(28)47)33-20-44(6)32-17-26(18-42)10-11-30(32)33/h10-11,15-17,20,23H,8-9,12-14,19H2,1-7H3/t23-/m1/s1. The van der Waals surface area contributed by atoms with E-state index in [2.05, 4.69) is 24.5 Å². The first-order valence-corrected chi connectivity index (χ1v) is 17.5. The summed E-state index contributed by atoms with van der Waals surface area (Å²) in [6.07, 6.45) is 4.87. The van der Waals surface area contributed by atoms with Gasteiger partial charge in [0.05, 0.1) is 40.8 Å². The number of halogens is 2. The smallest absolute Gasteiger partial charge is 0.275 e. The number of anilines is 1. The minimum absolute atomic E-state index is 0.0284. The number of benzene rings is 2. The van der Waals surface area contributed by atoms with Crippen LogP contribution in [0.1, 0.15) is 86.8 Å². The molecule has 2 aromatic carbocycles. The van der Waals surface area contributed by atoms with E-state index >= 15 is 0 Å². The van der Waals surface area contributed by atoms with E-state index in [-0.39, 0.29) is 11.9 Å². The van der Waals surface area contributed by atoms with Crippen LogP contribution >= 0.6 is 23.2 Å². The molecule has 4 heterocycles. The number of carbonyl (C=O) groups is 1. The summed E-state index contributed by atoms with van der Waals surface area (Å²) in [6.45, 7) is 11.3. The molecule has 252 valence electrons. The molecule has 0 radical (unpaired) electrons. The SMILES string of the molecule is Cc1cc(OCCCc2c3c(n4c2C(=O)N(c2cn(C)c5cc(C#N)ccc25)C[C@H]4C)C(c2c(C)nn(C)c2C)=C(Cl)CC3)cc(C)c1Cl. The molecule has 2 aliphatic rings. The lowest BCUT2D eigenvalue weighted by Gasteiger charge is -2.35. The van der Waals surface area contributed by atoms with Gasteiger partial charge in [-0.15, -0.1) is 0 Å². The van der Waals surface area contributed by atoms with Gasteiger partial charge < -0.3 is 18.8 Å². The fraction of sp³-hybridized carbons (Fsp3) is 0.359. The molecular formula is C39H40Cl2N6O2. The average molecular weight is 696 g/mol. The summed E-state index contributed by atoms with van der Waals surface area (Å²) in [5.41, 5.74) is 12.3. The van der Waals surface area contributed by atoms with Gasteiger partial charge in [-0.25, -0.2) is 0 Å². The number of allylic oxidation sites excluding steroid dienone is 1. The van der Waals surface area contributed by atoms with Crippen molar-refractivity contribution in [2.24, 2.45) is 14.1 Å². The maximum atomic E-state index is 14.9. The summed E-state index contributed by atoms with van der Waals surface area (Å²) in [6, 6.07) is 11.8. The highest BCUT2D eigenvalue weighted by Gasteiger charge is 2.41. The van der Waals surface area contributed by atoms with Crippen LogP contribution in [0.25, 0.3) is 16.5 Å². The van der Waals surface area contributed by atoms with Crippen LogP contribution in [0.3, 0.4) is 0 Å². The number of hydrogen-bond acceptors (Lipinski definition) is 4. The van der Waals surface area contributed by atoms with Gasteiger partial charge >= 0.3 is 0 Å².